The van der Waals surface area contributed by atoms with Crippen LogP contribution in [0.5, 0.6) is 0 Å². The second kappa shape index (κ2) is 4.84. The number of aromatic nitrogens is 2. The average Bonchev–Trinajstić information content (AvgIpc) is 2.51. The molecule has 1 heterocycles. The molecule has 0 aliphatic rings. The third kappa shape index (κ3) is 3.43. The molecule has 0 atom stereocenters. The summed E-state index contributed by atoms with van der Waals surface area (Å²) in [4.78, 5) is 4.97. The normalized spacial score (nSPS) is 11.0. The van der Waals surface area contributed by atoms with Crippen molar-refractivity contribution in [3.8, 4) is 0 Å². The van der Waals surface area contributed by atoms with Crippen molar-refractivity contribution < 1.29 is 4.84 Å². The van der Waals surface area contributed by atoms with Gasteiger partial charge in [0.15, 0.2) is 0 Å². The van der Waals surface area contributed by atoms with Crippen LogP contribution >= 0.6 is 0 Å². The van der Waals surface area contributed by atoms with E-state index < -0.39 is 0 Å². The van der Waals surface area contributed by atoms with E-state index in [2.05, 4.69) is 5.10 Å². The van der Waals surface area contributed by atoms with E-state index in [0.29, 0.717) is 5.82 Å². The highest BCUT2D eigenvalue weighted by Gasteiger charge is 1.97. The fourth-order valence-electron chi connectivity index (χ4n) is 1.05. The Morgan fingerprint density at radius 3 is 3.00 bits per heavy atom. The van der Waals surface area contributed by atoms with Gasteiger partial charge in [0.05, 0.1) is 7.11 Å². The van der Waals surface area contributed by atoms with Crippen LogP contribution in [0.2, 0.25) is 0 Å². The summed E-state index contributed by atoms with van der Waals surface area (Å²) in [6, 6.07) is 1.79. The molecule has 0 bridgehead atoms. The third-order valence-corrected chi connectivity index (χ3v) is 1.83. The summed E-state index contributed by atoms with van der Waals surface area (Å²) < 4.78 is 1.83. The summed E-state index contributed by atoms with van der Waals surface area (Å²) >= 11 is 0. The molecule has 0 saturated carbocycles. The fourth-order valence-corrected chi connectivity index (χ4v) is 1.05. The fraction of sp³-hybridized carbons (Fsp3) is 0.625. The van der Waals surface area contributed by atoms with E-state index in [1.54, 1.807) is 18.2 Å². The minimum atomic E-state index is 0.570. The monoisotopic (exact) mass is 184 g/mol. The smallest absolute Gasteiger partial charge is 0.145 e. The average molecular weight is 184 g/mol. The number of nitrogens with two attached hydrogens (primary N) is 1. The molecule has 5 heteroatoms. The maximum absolute atomic E-state index is 5.47. The molecule has 5 nitrogen and oxygen atoms in total. The topological polar surface area (TPSA) is 56.3 Å². The van der Waals surface area contributed by atoms with Gasteiger partial charge in [-0.25, -0.2) is 0 Å². The summed E-state index contributed by atoms with van der Waals surface area (Å²) in [5, 5.41) is 5.85. The van der Waals surface area contributed by atoms with E-state index in [1.807, 2.05) is 17.9 Å². The Bertz CT molecular complexity index is 248. The van der Waals surface area contributed by atoms with E-state index in [-0.39, 0.29) is 0 Å². The van der Waals surface area contributed by atoms with Crippen molar-refractivity contribution in [2.45, 2.75) is 13.0 Å². The van der Waals surface area contributed by atoms with Gasteiger partial charge in [0.25, 0.3) is 0 Å². The molecular formula is C8H16N4O. The molecule has 0 radical (unpaired) electrons. The Morgan fingerprint density at radius 1 is 1.69 bits per heavy atom. The predicted octanol–water partition coefficient (Wildman–Crippen LogP) is 0.349. The van der Waals surface area contributed by atoms with Crippen molar-refractivity contribution in [3.05, 3.63) is 12.3 Å². The SMILES string of the molecule is CON(C)CCCn1ccc(N)n1. The quantitative estimate of drug-likeness (QED) is 0.671. The molecule has 1 aromatic rings. The molecule has 0 amide bonds. The first-order chi connectivity index (χ1) is 6.22. The second-order valence-corrected chi connectivity index (χ2v) is 2.89. The van der Waals surface area contributed by atoms with Gasteiger partial charge in [0, 0.05) is 26.3 Å². The summed E-state index contributed by atoms with van der Waals surface area (Å²) in [7, 11) is 3.56. The zero-order valence-electron chi connectivity index (χ0n) is 8.10. The summed E-state index contributed by atoms with van der Waals surface area (Å²) in [5.74, 6) is 0.570. The molecule has 0 aliphatic carbocycles. The molecule has 0 spiro atoms. The molecule has 0 aliphatic heterocycles. The number of aryl methyl sites for hydroxylation is 1. The van der Waals surface area contributed by atoms with Gasteiger partial charge in [-0.2, -0.15) is 10.2 Å². The number of hydrogen-bond acceptors (Lipinski definition) is 4. The van der Waals surface area contributed by atoms with Crippen LogP contribution in [-0.2, 0) is 11.4 Å². The van der Waals surface area contributed by atoms with E-state index in [0.717, 1.165) is 19.5 Å². The number of rotatable bonds is 5. The number of nitrogen functional groups attached to an aromatic ring is 1. The van der Waals surface area contributed by atoms with Crippen molar-refractivity contribution in [1.82, 2.24) is 14.8 Å². The van der Waals surface area contributed by atoms with Crippen LogP contribution in [-0.4, -0.2) is 35.5 Å². The lowest BCUT2D eigenvalue weighted by atomic mass is 10.4. The van der Waals surface area contributed by atoms with Gasteiger partial charge >= 0.3 is 0 Å². The zero-order valence-corrected chi connectivity index (χ0v) is 8.10. The van der Waals surface area contributed by atoms with E-state index in [1.165, 1.54) is 0 Å². The minimum Gasteiger partial charge on any atom is -0.382 e. The molecule has 1 aromatic heterocycles. The summed E-state index contributed by atoms with van der Waals surface area (Å²) in [6.07, 6.45) is 2.87. The van der Waals surface area contributed by atoms with Crippen LogP contribution in [0.4, 0.5) is 5.82 Å². The third-order valence-electron chi connectivity index (χ3n) is 1.83. The van der Waals surface area contributed by atoms with Gasteiger partial charge in [-0.1, -0.05) is 0 Å². The Hall–Kier alpha value is -1.07. The summed E-state index contributed by atoms with van der Waals surface area (Å²) in [6.45, 7) is 1.75. The van der Waals surface area contributed by atoms with Gasteiger partial charge < -0.3 is 10.6 Å². The second-order valence-electron chi connectivity index (χ2n) is 2.89. The zero-order chi connectivity index (χ0) is 9.68. The first-order valence-electron chi connectivity index (χ1n) is 4.26. The highest BCUT2D eigenvalue weighted by atomic mass is 16.7. The van der Waals surface area contributed by atoms with Gasteiger partial charge in [-0.3, -0.25) is 4.68 Å². The van der Waals surface area contributed by atoms with Crippen LogP contribution in [0.25, 0.3) is 0 Å². The Balaban J connectivity index is 2.20. The van der Waals surface area contributed by atoms with Crippen LogP contribution in [0.15, 0.2) is 12.3 Å². The minimum absolute atomic E-state index is 0.570. The highest BCUT2D eigenvalue weighted by molar-refractivity contribution is 5.23. The number of hydrogen-bond donors (Lipinski definition) is 1. The molecule has 0 saturated heterocycles. The maximum atomic E-state index is 5.47. The van der Waals surface area contributed by atoms with E-state index in [9.17, 15) is 0 Å². The lowest BCUT2D eigenvalue weighted by molar-refractivity contribution is -0.109. The predicted molar refractivity (Wildman–Crippen MR) is 50.9 cm³/mol. The van der Waals surface area contributed by atoms with Gasteiger partial charge in [0.1, 0.15) is 5.82 Å². The molecule has 74 valence electrons. The van der Waals surface area contributed by atoms with E-state index >= 15 is 0 Å². The van der Waals surface area contributed by atoms with Crippen molar-refractivity contribution in [2.75, 3.05) is 26.4 Å². The van der Waals surface area contributed by atoms with Crippen LogP contribution in [0.3, 0.4) is 0 Å². The van der Waals surface area contributed by atoms with Gasteiger partial charge in [-0.05, 0) is 12.5 Å². The summed E-state index contributed by atoms with van der Waals surface area (Å²) in [5.41, 5.74) is 5.47. The standard InChI is InChI=1S/C8H16N4O/c1-11(13-2)5-3-6-12-7-4-8(9)10-12/h4,7H,3,5-6H2,1-2H3,(H2,9,10). The maximum Gasteiger partial charge on any atom is 0.145 e. The molecule has 0 aromatic carbocycles. The molecule has 0 unspecified atom stereocenters. The Morgan fingerprint density at radius 2 is 2.46 bits per heavy atom. The van der Waals surface area contributed by atoms with Gasteiger partial charge in [-0.15, -0.1) is 0 Å². The molecule has 2 N–H and O–H groups in total. The van der Waals surface area contributed by atoms with Crippen molar-refractivity contribution in [2.24, 2.45) is 0 Å². The molecule has 13 heavy (non-hydrogen) atoms. The van der Waals surface area contributed by atoms with Crippen LogP contribution in [0, 0.1) is 0 Å². The molecular weight excluding hydrogens is 168 g/mol. The van der Waals surface area contributed by atoms with Crippen LogP contribution < -0.4 is 5.73 Å². The number of anilines is 1. The molecule has 0 fully saturated rings. The first kappa shape index (κ1) is 10.0. The van der Waals surface area contributed by atoms with Crippen molar-refractivity contribution >= 4 is 5.82 Å². The van der Waals surface area contributed by atoms with E-state index in [4.69, 9.17) is 10.6 Å². The number of hydroxylamine groups is 2. The Kier molecular flexibility index (Phi) is 3.72. The van der Waals surface area contributed by atoms with Crippen molar-refractivity contribution in [3.63, 3.8) is 0 Å². The lowest BCUT2D eigenvalue weighted by Crippen LogP contribution is -2.19. The molecule has 1 rings (SSSR count). The highest BCUT2D eigenvalue weighted by Crippen LogP contribution is 1.97. The van der Waals surface area contributed by atoms with Gasteiger partial charge in [0.2, 0.25) is 0 Å². The largest absolute Gasteiger partial charge is 0.382 e. The first-order valence-corrected chi connectivity index (χ1v) is 4.26. The Labute approximate surface area is 78.0 Å². The lowest BCUT2D eigenvalue weighted by Gasteiger charge is -2.12. The van der Waals surface area contributed by atoms with Crippen molar-refractivity contribution in [1.29, 1.82) is 0 Å². The number of nitrogens with zero attached hydrogens (tertiary/aromatic N) is 3. The van der Waals surface area contributed by atoms with Crippen LogP contribution in [0.1, 0.15) is 6.42 Å².